The Bertz CT molecular complexity index is 1080. The first-order valence-electron chi connectivity index (χ1n) is 9.72. The van der Waals surface area contributed by atoms with E-state index in [0.717, 1.165) is 0 Å². The van der Waals surface area contributed by atoms with Crippen molar-refractivity contribution in [2.24, 2.45) is 5.92 Å². The average Bonchev–Trinajstić information content (AvgIpc) is 3.43. The van der Waals surface area contributed by atoms with Crippen LogP contribution >= 0.6 is 0 Å². The Morgan fingerprint density at radius 3 is 2.28 bits per heavy atom. The molecule has 0 aliphatic carbocycles. The van der Waals surface area contributed by atoms with Gasteiger partial charge in [0.15, 0.2) is 11.5 Å². The van der Waals surface area contributed by atoms with Crippen LogP contribution in [0.3, 0.4) is 0 Å². The van der Waals surface area contributed by atoms with Gasteiger partial charge < -0.3 is 29.2 Å². The summed E-state index contributed by atoms with van der Waals surface area (Å²) < 4.78 is 20.0. The Morgan fingerprint density at radius 1 is 0.969 bits per heavy atom. The summed E-state index contributed by atoms with van der Waals surface area (Å²) in [7, 11) is 2.42. The fourth-order valence-electron chi connectivity index (χ4n) is 3.60. The van der Waals surface area contributed by atoms with Crippen molar-refractivity contribution in [3.8, 4) is 11.5 Å². The lowest BCUT2D eigenvalue weighted by atomic mass is 10.1. The number of esters is 2. The lowest BCUT2D eigenvalue weighted by molar-refractivity contribution is -0.122. The van der Waals surface area contributed by atoms with Crippen molar-refractivity contribution in [1.82, 2.24) is 0 Å². The molecule has 0 aromatic heterocycles. The molecule has 166 valence electrons. The highest BCUT2D eigenvalue weighted by atomic mass is 16.7. The fourth-order valence-corrected chi connectivity index (χ4v) is 3.60. The summed E-state index contributed by atoms with van der Waals surface area (Å²) in [6.45, 7) is 0.292. The van der Waals surface area contributed by atoms with E-state index in [-0.39, 0.29) is 42.5 Å². The Hall–Kier alpha value is -4.08. The number of anilines is 2. The molecule has 0 radical (unpaired) electrons. The molecule has 1 fully saturated rings. The standard InChI is InChI=1S/C22H20N2O8/c1-29-21(27)12-5-13(22(28)30-2)7-15(6-12)23-20(26)14-8-19(25)24(10-14)16-3-4-17-18(9-16)32-11-31-17/h3-7,9,14H,8,10-11H2,1-2H3,(H,23,26). The molecule has 4 rings (SSSR count). The number of rotatable bonds is 5. The Kier molecular flexibility index (Phi) is 5.67. The topological polar surface area (TPSA) is 120 Å². The molecular formula is C22H20N2O8. The number of amides is 2. The number of carbonyl (C=O) groups excluding carboxylic acids is 4. The van der Waals surface area contributed by atoms with Crippen LogP contribution < -0.4 is 19.7 Å². The van der Waals surface area contributed by atoms with Crippen LogP contribution in [0.4, 0.5) is 11.4 Å². The van der Waals surface area contributed by atoms with Crippen molar-refractivity contribution in [3.05, 3.63) is 47.5 Å². The van der Waals surface area contributed by atoms with Gasteiger partial charge in [-0.3, -0.25) is 9.59 Å². The van der Waals surface area contributed by atoms with Gasteiger partial charge in [-0.15, -0.1) is 0 Å². The van der Waals surface area contributed by atoms with Gasteiger partial charge in [0.2, 0.25) is 18.6 Å². The van der Waals surface area contributed by atoms with Gasteiger partial charge in [-0.25, -0.2) is 9.59 Å². The zero-order chi connectivity index (χ0) is 22.8. The molecule has 1 saturated heterocycles. The molecule has 2 aromatic carbocycles. The van der Waals surface area contributed by atoms with Crippen molar-refractivity contribution in [3.63, 3.8) is 0 Å². The molecule has 2 aliphatic heterocycles. The van der Waals surface area contributed by atoms with Crippen LogP contribution in [0.1, 0.15) is 27.1 Å². The van der Waals surface area contributed by atoms with E-state index in [1.807, 2.05) is 0 Å². The van der Waals surface area contributed by atoms with E-state index in [4.69, 9.17) is 18.9 Å². The Labute approximate surface area is 183 Å². The van der Waals surface area contributed by atoms with Crippen LogP contribution in [-0.4, -0.2) is 51.3 Å². The molecule has 2 aliphatic rings. The summed E-state index contributed by atoms with van der Waals surface area (Å²) in [5.74, 6) is -1.45. The SMILES string of the molecule is COC(=O)c1cc(NC(=O)C2CC(=O)N(c3ccc4c(c3)OCO4)C2)cc(C(=O)OC)c1. The number of ether oxygens (including phenoxy) is 4. The molecular weight excluding hydrogens is 420 g/mol. The van der Waals surface area contributed by atoms with E-state index >= 15 is 0 Å². The minimum Gasteiger partial charge on any atom is -0.465 e. The van der Waals surface area contributed by atoms with Gasteiger partial charge in [0.1, 0.15) is 0 Å². The highest BCUT2D eigenvalue weighted by molar-refractivity contribution is 6.05. The number of fused-ring (bicyclic) bond motifs is 1. The number of nitrogens with one attached hydrogen (secondary N) is 1. The zero-order valence-electron chi connectivity index (χ0n) is 17.4. The van der Waals surface area contributed by atoms with Crippen LogP contribution in [0.15, 0.2) is 36.4 Å². The summed E-state index contributed by atoms with van der Waals surface area (Å²) in [5, 5.41) is 2.68. The summed E-state index contributed by atoms with van der Waals surface area (Å²) in [6.07, 6.45) is 0.0147. The van der Waals surface area contributed by atoms with Gasteiger partial charge in [-0.05, 0) is 30.3 Å². The van der Waals surface area contributed by atoms with Gasteiger partial charge in [-0.1, -0.05) is 0 Å². The molecule has 0 bridgehead atoms. The summed E-state index contributed by atoms with van der Waals surface area (Å²) >= 11 is 0. The maximum atomic E-state index is 12.9. The highest BCUT2D eigenvalue weighted by Gasteiger charge is 2.36. The molecule has 0 spiro atoms. The summed E-state index contributed by atoms with van der Waals surface area (Å²) in [6, 6.07) is 9.24. The van der Waals surface area contributed by atoms with Crippen LogP contribution in [0.2, 0.25) is 0 Å². The van der Waals surface area contributed by atoms with Gasteiger partial charge in [0.25, 0.3) is 0 Å². The van der Waals surface area contributed by atoms with Gasteiger partial charge >= 0.3 is 11.9 Å². The van der Waals surface area contributed by atoms with E-state index < -0.39 is 23.8 Å². The monoisotopic (exact) mass is 440 g/mol. The predicted molar refractivity (Wildman–Crippen MR) is 111 cm³/mol. The molecule has 1 atom stereocenters. The largest absolute Gasteiger partial charge is 0.465 e. The molecule has 2 amide bonds. The normalized spacial score (nSPS) is 16.6. The third-order valence-electron chi connectivity index (χ3n) is 5.21. The van der Waals surface area contributed by atoms with Crippen LogP contribution in [0.25, 0.3) is 0 Å². The molecule has 32 heavy (non-hydrogen) atoms. The molecule has 1 N–H and O–H groups in total. The lowest BCUT2D eigenvalue weighted by Gasteiger charge is -2.17. The molecule has 10 heteroatoms. The second-order valence-electron chi connectivity index (χ2n) is 7.21. The number of methoxy groups -OCH3 is 2. The van der Waals surface area contributed by atoms with Crippen LogP contribution in [-0.2, 0) is 19.1 Å². The van der Waals surface area contributed by atoms with Crippen LogP contribution in [0, 0.1) is 5.92 Å². The molecule has 0 saturated carbocycles. The summed E-state index contributed by atoms with van der Waals surface area (Å²) in [5.41, 5.74) is 0.980. The fraction of sp³-hybridized carbons (Fsp3) is 0.273. The maximum Gasteiger partial charge on any atom is 0.337 e. The number of hydrogen-bond acceptors (Lipinski definition) is 8. The molecule has 10 nitrogen and oxygen atoms in total. The maximum absolute atomic E-state index is 12.9. The molecule has 1 unspecified atom stereocenters. The molecule has 2 aromatic rings. The minimum absolute atomic E-state index is 0.0147. The number of benzene rings is 2. The van der Waals surface area contributed by atoms with E-state index in [1.54, 1.807) is 18.2 Å². The average molecular weight is 440 g/mol. The number of nitrogens with zero attached hydrogens (tertiary/aromatic N) is 1. The van der Waals surface area contributed by atoms with Crippen molar-refractivity contribution in [2.45, 2.75) is 6.42 Å². The minimum atomic E-state index is -0.670. The van der Waals surface area contributed by atoms with E-state index in [2.05, 4.69) is 5.32 Å². The zero-order valence-corrected chi connectivity index (χ0v) is 17.4. The second-order valence-corrected chi connectivity index (χ2v) is 7.21. The smallest absolute Gasteiger partial charge is 0.337 e. The van der Waals surface area contributed by atoms with Crippen molar-refractivity contribution in [2.75, 3.05) is 37.8 Å². The third kappa shape index (κ3) is 4.07. The second kappa shape index (κ2) is 8.58. The van der Waals surface area contributed by atoms with E-state index in [9.17, 15) is 19.2 Å². The summed E-state index contributed by atoms with van der Waals surface area (Å²) in [4.78, 5) is 50.8. The van der Waals surface area contributed by atoms with Crippen molar-refractivity contribution < 1.29 is 38.1 Å². The van der Waals surface area contributed by atoms with Gasteiger partial charge in [-0.2, -0.15) is 0 Å². The lowest BCUT2D eigenvalue weighted by Crippen LogP contribution is -2.28. The quantitative estimate of drug-likeness (QED) is 0.701. The van der Waals surface area contributed by atoms with E-state index in [0.29, 0.717) is 17.2 Å². The van der Waals surface area contributed by atoms with Crippen molar-refractivity contribution >= 4 is 35.1 Å². The first-order chi connectivity index (χ1) is 15.4. The van der Waals surface area contributed by atoms with Crippen molar-refractivity contribution in [1.29, 1.82) is 0 Å². The molecule has 2 heterocycles. The Morgan fingerprint density at radius 2 is 1.62 bits per heavy atom. The number of carbonyl (C=O) groups is 4. The van der Waals surface area contributed by atoms with Gasteiger partial charge in [0, 0.05) is 30.4 Å². The first-order valence-corrected chi connectivity index (χ1v) is 9.72. The van der Waals surface area contributed by atoms with Gasteiger partial charge in [0.05, 0.1) is 31.3 Å². The van der Waals surface area contributed by atoms with Crippen LogP contribution in [0.5, 0.6) is 11.5 Å². The Balaban J connectivity index is 1.51. The third-order valence-corrected chi connectivity index (χ3v) is 5.21. The van der Waals surface area contributed by atoms with E-state index in [1.165, 1.54) is 37.3 Å². The first kappa shape index (κ1) is 21.2. The number of hydrogen-bond donors (Lipinski definition) is 1. The highest BCUT2D eigenvalue weighted by Crippen LogP contribution is 2.37. The predicted octanol–water partition coefficient (Wildman–Crippen LogP) is 1.98.